The Kier molecular flexibility index (Phi) is 6.38. The summed E-state index contributed by atoms with van der Waals surface area (Å²) >= 11 is 2.81. The van der Waals surface area contributed by atoms with E-state index in [1.54, 1.807) is 46.2 Å². The number of thioether (sulfide) groups is 1. The number of aryl methyl sites for hydroxylation is 2. The van der Waals surface area contributed by atoms with Crippen molar-refractivity contribution in [2.24, 2.45) is 0 Å². The van der Waals surface area contributed by atoms with E-state index in [1.807, 2.05) is 0 Å². The smallest absolute Gasteiger partial charge is 0.263 e. The van der Waals surface area contributed by atoms with Crippen LogP contribution in [-0.4, -0.2) is 27.0 Å². The van der Waals surface area contributed by atoms with Crippen molar-refractivity contribution < 1.29 is 9.59 Å². The Labute approximate surface area is 188 Å². The zero-order chi connectivity index (χ0) is 22.0. The first kappa shape index (κ1) is 21.5. The van der Waals surface area contributed by atoms with Gasteiger partial charge in [0.15, 0.2) is 10.9 Å². The van der Waals surface area contributed by atoms with Crippen LogP contribution in [0.3, 0.4) is 0 Å². The Balaban J connectivity index is 1.60. The van der Waals surface area contributed by atoms with Gasteiger partial charge in [-0.05, 0) is 50.3 Å². The van der Waals surface area contributed by atoms with E-state index in [0.717, 1.165) is 41.5 Å². The molecule has 160 valence electrons. The molecule has 0 saturated heterocycles. The van der Waals surface area contributed by atoms with Crippen LogP contribution in [0.5, 0.6) is 0 Å². The van der Waals surface area contributed by atoms with Crippen LogP contribution in [-0.2, 0) is 24.2 Å². The van der Waals surface area contributed by atoms with Crippen molar-refractivity contribution in [3.63, 3.8) is 0 Å². The maximum atomic E-state index is 13.3. The van der Waals surface area contributed by atoms with Gasteiger partial charge in [-0.15, -0.1) is 17.9 Å². The Morgan fingerprint density at radius 1 is 1.29 bits per heavy atom. The molecule has 2 aromatic heterocycles. The van der Waals surface area contributed by atoms with Crippen molar-refractivity contribution >= 4 is 50.7 Å². The molecule has 1 aliphatic rings. The summed E-state index contributed by atoms with van der Waals surface area (Å²) in [6, 6.07) is 6.91. The lowest BCUT2D eigenvalue weighted by Crippen LogP contribution is -2.24. The average Bonchev–Trinajstić information content (AvgIpc) is 3.13. The summed E-state index contributed by atoms with van der Waals surface area (Å²) in [5, 5.41) is 4.02. The molecule has 2 heterocycles. The lowest BCUT2D eigenvalue weighted by molar-refractivity contribution is -0.113. The van der Waals surface area contributed by atoms with Gasteiger partial charge < -0.3 is 5.32 Å². The van der Waals surface area contributed by atoms with Gasteiger partial charge in [0.2, 0.25) is 5.91 Å². The molecule has 0 bridgehead atoms. The molecule has 1 aliphatic carbocycles. The second kappa shape index (κ2) is 9.20. The van der Waals surface area contributed by atoms with Gasteiger partial charge in [0.05, 0.1) is 16.8 Å². The van der Waals surface area contributed by atoms with E-state index in [1.165, 1.54) is 23.6 Å². The SMILES string of the molecule is C=CCn1c(SCC(=O)Nc2ccccc2C(C)=O)nc2sc3c(c2c1=O)CCCC3. The van der Waals surface area contributed by atoms with E-state index < -0.39 is 0 Å². The molecule has 3 aromatic rings. The number of ketones is 1. The quantitative estimate of drug-likeness (QED) is 0.247. The van der Waals surface area contributed by atoms with Gasteiger partial charge >= 0.3 is 0 Å². The highest BCUT2D eigenvalue weighted by Crippen LogP contribution is 2.34. The number of amides is 1. The van der Waals surface area contributed by atoms with Crippen LogP contribution in [0.2, 0.25) is 0 Å². The number of hydrogen-bond donors (Lipinski definition) is 1. The van der Waals surface area contributed by atoms with Gasteiger partial charge in [-0.1, -0.05) is 30.0 Å². The van der Waals surface area contributed by atoms with Crippen molar-refractivity contribution in [1.29, 1.82) is 0 Å². The Morgan fingerprint density at radius 2 is 2.06 bits per heavy atom. The number of nitrogens with zero attached hydrogens (tertiary/aromatic N) is 2. The highest BCUT2D eigenvalue weighted by molar-refractivity contribution is 7.99. The summed E-state index contributed by atoms with van der Waals surface area (Å²) in [7, 11) is 0. The minimum atomic E-state index is -0.260. The summed E-state index contributed by atoms with van der Waals surface area (Å²) in [5.41, 5.74) is 2.04. The number of hydrogen-bond acceptors (Lipinski definition) is 6. The number of Topliss-reactive ketones (excluding diaryl/α,β-unsaturated/α-hetero) is 1. The van der Waals surface area contributed by atoms with E-state index in [9.17, 15) is 14.4 Å². The number of thiophene rings is 1. The third kappa shape index (κ3) is 4.36. The molecular formula is C23H23N3O3S2. The minimum Gasteiger partial charge on any atom is -0.325 e. The first-order chi connectivity index (χ1) is 15.0. The molecule has 0 fully saturated rings. The minimum absolute atomic E-state index is 0.0610. The Morgan fingerprint density at radius 3 is 2.84 bits per heavy atom. The predicted molar refractivity (Wildman–Crippen MR) is 127 cm³/mol. The zero-order valence-corrected chi connectivity index (χ0v) is 18.9. The molecular weight excluding hydrogens is 430 g/mol. The monoisotopic (exact) mass is 453 g/mol. The summed E-state index contributed by atoms with van der Waals surface area (Å²) in [4.78, 5) is 44.4. The summed E-state index contributed by atoms with van der Waals surface area (Å²) in [6.45, 7) is 5.57. The van der Waals surface area contributed by atoms with Crippen LogP contribution in [0.25, 0.3) is 10.2 Å². The molecule has 0 unspecified atom stereocenters. The number of rotatable bonds is 7. The van der Waals surface area contributed by atoms with Crippen molar-refractivity contribution in [3.8, 4) is 0 Å². The Bertz CT molecular complexity index is 1240. The number of anilines is 1. The third-order valence-electron chi connectivity index (χ3n) is 5.26. The number of carbonyl (C=O) groups excluding carboxylic acids is 2. The van der Waals surface area contributed by atoms with Crippen LogP contribution >= 0.6 is 23.1 Å². The number of fused-ring (bicyclic) bond motifs is 3. The van der Waals surface area contributed by atoms with Crippen molar-refractivity contribution in [2.45, 2.75) is 44.3 Å². The van der Waals surface area contributed by atoms with Crippen LogP contribution < -0.4 is 10.9 Å². The lowest BCUT2D eigenvalue weighted by atomic mass is 9.97. The van der Waals surface area contributed by atoms with E-state index in [-0.39, 0.29) is 23.0 Å². The zero-order valence-electron chi connectivity index (χ0n) is 17.3. The van der Waals surface area contributed by atoms with E-state index in [0.29, 0.717) is 23.0 Å². The molecule has 0 radical (unpaired) electrons. The van der Waals surface area contributed by atoms with Gasteiger partial charge in [0, 0.05) is 17.0 Å². The fraction of sp³-hybridized carbons (Fsp3) is 0.304. The first-order valence-corrected chi connectivity index (χ1v) is 12.0. The largest absolute Gasteiger partial charge is 0.325 e. The number of nitrogens with one attached hydrogen (secondary N) is 1. The number of benzene rings is 1. The van der Waals surface area contributed by atoms with Crippen LogP contribution in [0.15, 0.2) is 46.9 Å². The third-order valence-corrected chi connectivity index (χ3v) is 7.43. The molecule has 6 nitrogen and oxygen atoms in total. The number of allylic oxidation sites excluding steroid dienone is 1. The van der Waals surface area contributed by atoms with Gasteiger partial charge in [-0.3, -0.25) is 19.0 Å². The second-order valence-electron chi connectivity index (χ2n) is 7.43. The molecule has 8 heteroatoms. The van der Waals surface area contributed by atoms with Gasteiger partial charge in [-0.2, -0.15) is 0 Å². The molecule has 0 spiro atoms. The predicted octanol–water partition coefficient (Wildman–Crippen LogP) is 4.46. The molecule has 0 atom stereocenters. The molecule has 0 aliphatic heterocycles. The van der Waals surface area contributed by atoms with Gasteiger partial charge in [0.1, 0.15) is 4.83 Å². The van der Waals surface area contributed by atoms with Crippen molar-refractivity contribution in [2.75, 3.05) is 11.1 Å². The molecule has 1 N–H and O–H groups in total. The van der Waals surface area contributed by atoms with E-state index in [2.05, 4.69) is 11.9 Å². The molecule has 1 amide bonds. The summed E-state index contributed by atoms with van der Waals surface area (Å²) < 4.78 is 1.60. The Hall–Kier alpha value is -2.71. The molecule has 4 rings (SSSR count). The lowest BCUT2D eigenvalue weighted by Gasteiger charge is -2.12. The topological polar surface area (TPSA) is 81.1 Å². The molecule has 1 aromatic carbocycles. The second-order valence-corrected chi connectivity index (χ2v) is 9.45. The van der Waals surface area contributed by atoms with E-state index >= 15 is 0 Å². The molecule has 31 heavy (non-hydrogen) atoms. The number of aromatic nitrogens is 2. The average molecular weight is 454 g/mol. The van der Waals surface area contributed by atoms with Crippen molar-refractivity contribution in [1.82, 2.24) is 9.55 Å². The number of para-hydroxylation sites is 1. The summed E-state index contributed by atoms with van der Waals surface area (Å²) in [5.74, 6) is -0.298. The number of carbonyl (C=O) groups is 2. The van der Waals surface area contributed by atoms with Crippen LogP contribution in [0, 0.1) is 0 Å². The van der Waals surface area contributed by atoms with Crippen molar-refractivity contribution in [3.05, 3.63) is 63.3 Å². The maximum Gasteiger partial charge on any atom is 0.263 e. The van der Waals surface area contributed by atoms with E-state index in [4.69, 9.17) is 4.98 Å². The first-order valence-electron chi connectivity index (χ1n) is 10.2. The van der Waals surface area contributed by atoms with Gasteiger partial charge in [0.25, 0.3) is 5.56 Å². The van der Waals surface area contributed by atoms with Gasteiger partial charge in [-0.25, -0.2) is 4.98 Å². The standard InChI is InChI=1S/C23H23N3O3S2/c1-3-12-26-22(29)20-16-9-5-7-11-18(16)31-21(20)25-23(26)30-13-19(28)24-17-10-6-4-8-15(17)14(2)27/h3-4,6,8,10H,1,5,7,9,11-13H2,2H3,(H,24,28). The van der Waals surface area contributed by atoms with Crippen LogP contribution in [0.4, 0.5) is 5.69 Å². The van der Waals surface area contributed by atoms with Crippen LogP contribution in [0.1, 0.15) is 40.6 Å². The maximum absolute atomic E-state index is 13.3. The summed E-state index contributed by atoms with van der Waals surface area (Å²) in [6.07, 6.45) is 5.83. The fourth-order valence-corrected chi connectivity index (χ4v) is 5.95. The highest BCUT2D eigenvalue weighted by atomic mass is 32.2. The fourth-order valence-electron chi connectivity index (χ4n) is 3.84. The highest BCUT2D eigenvalue weighted by Gasteiger charge is 2.22. The molecule has 0 saturated carbocycles. The normalized spacial score (nSPS) is 13.1.